The molecule has 0 saturated carbocycles. The Morgan fingerprint density at radius 2 is 1.73 bits per heavy atom. The predicted molar refractivity (Wildman–Crippen MR) is 156 cm³/mol. The number of benzene rings is 2. The fourth-order valence-electron chi connectivity index (χ4n) is 4.98. The number of carbonyl (C=O) groups excluding carboxylic acids is 3. The zero-order valence-corrected chi connectivity index (χ0v) is 23.2. The molecule has 1 aromatic heterocycles. The number of hydrogen-bond acceptors (Lipinski definition) is 9. The Bertz CT molecular complexity index is 1450. The lowest BCUT2D eigenvalue weighted by molar-refractivity contribution is -0.114. The van der Waals surface area contributed by atoms with Crippen LogP contribution in [-0.4, -0.2) is 83.7 Å². The minimum absolute atomic E-state index is 0.0869. The Hall–Kier alpha value is -4.81. The average molecular weight is 556 g/mol. The Labute approximate surface area is 238 Å². The molecule has 12 nitrogen and oxygen atoms in total. The van der Waals surface area contributed by atoms with Gasteiger partial charge in [0.25, 0.3) is 11.8 Å². The van der Waals surface area contributed by atoms with Crippen LogP contribution < -0.4 is 21.2 Å². The number of carbonyl (C=O) groups is 3. The van der Waals surface area contributed by atoms with Crippen molar-refractivity contribution in [2.24, 2.45) is 5.10 Å². The first-order valence-corrected chi connectivity index (χ1v) is 13.3. The number of rotatable bonds is 7. The lowest BCUT2D eigenvalue weighted by Crippen LogP contribution is -2.52. The van der Waals surface area contributed by atoms with Gasteiger partial charge in [0, 0.05) is 70.3 Å². The van der Waals surface area contributed by atoms with Gasteiger partial charge < -0.3 is 15.1 Å². The van der Waals surface area contributed by atoms with Crippen molar-refractivity contribution in [2.75, 3.05) is 50.5 Å². The van der Waals surface area contributed by atoms with Crippen LogP contribution in [0.15, 0.2) is 78.0 Å². The highest BCUT2D eigenvalue weighted by molar-refractivity contribution is 6.07. The van der Waals surface area contributed by atoms with Crippen LogP contribution in [0.25, 0.3) is 0 Å². The number of anilines is 2. The van der Waals surface area contributed by atoms with E-state index in [1.54, 1.807) is 53.5 Å². The normalized spacial score (nSPS) is 16.3. The van der Waals surface area contributed by atoms with E-state index in [1.807, 2.05) is 25.2 Å². The number of hydrogen-bond donors (Lipinski definition) is 3. The van der Waals surface area contributed by atoms with E-state index in [9.17, 15) is 14.4 Å². The minimum atomic E-state index is -0.272. The van der Waals surface area contributed by atoms with Crippen LogP contribution in [0.3, 0.4) is 0 Å². The minimum Gasteiger partial charge on any atom is -0.335 e. The molecule has 1 unspecified atom stereocenters. The topological polar surface area (TPSA) is 126 Å². The monoisotopic (exact) mass is 555 g/mol. The predicted octanol–water partition coefficient (Wildman–Crippen LogP) is 2.08. The average Bonchev–Trinajstić information content (AvgIpc) is 3.42. The van der Waals surface area contributed by atoms with E-state index in [0.29, 0.717) is 43.1 Å². The van der Waals surface area contributed by atoms with Crippen molar-refractivity contribution in [3.63, 3.8) is 0 Å². The number of nitrogens with one attached hydrogen (secondary N) is 3. The lowest BCUT2D eigenvalue weighted by atomic mass is 10.0. The molecule has 0 radical (unpaired) electrons. The van der Waals surface area contributed by atoms with E-state index in [0.717, 1.165) is 11.4 Å². The first kappa shape index (κ1) is 27.7. The molecular formula is C29H33N9O3. The zero-order valence-electron chi connectivity index (χ0n) is 23.2. The summed E-state index contributed by atoms with van der Waals surface area (Å²) in [5.41, 5.74) is 9.04. The quantitative estimate of drug-likeness (QED) is 0.405. The molecule has 12 heteroatoms. The molecule has 212 valence electrons. The maximum atomic E-state index is 13.5. The molecule has 2 aromatic carbocycles. The van der Waals surface area contributed by atoms with Gasteiger partial charge in [-0.3, -0.25) is 29.7 Å². The summed E-state index contributed by atoms with van der Waals surface area (Å²) in [6.07, 6.45) is 1.54. The van der Waals surface area contributed by atoms with Crippen molar-refractivity contribution in [3.05, 3.63) is 89.7 Å². The summed E-state index contributed by atoms with van der Waals surface area (Å²) in [4.78, 5) is 47.9. The van der Waals surface area contributed by atoms with E-state index in [-0.39, 0.29) is 29.5 Å². The zero-order chi connectivity index (χ0) is 28.9. The Morgan fingerprint density at radius 3 is 2.41 bits per heavy atom. The van der Waals surface area contributed by atoms with Crippen LogP contribution >= 0.6 is 0 Å². The Balaban J connectivity index is 1.26. The van der Waals surface area contributed by atoms with Gasteiger partial charge in [-0.15, -0.1) is 10.2 Å². The molecule has 5 rings (SSSR count). The second-order valence-corrected chi connectivity index (χ2v) is 9.93. The van der Waals surface area contributed by atoms with Gasteiger partial charge in [0.2, 0.25) is 5.91 Å². The number of aromatic nitrogens is 1. The molecular weight excluding hydrogens is 522 g/mol. The molecule has 41 heavy (non-hydrogen) atoms. The molecule has 0 aliphatic carbocycles. The van der Waals surface area contributed by atoms with Crippen molar-refractivity contribution in [1.82, 2.24) is 30.9 Å². The van der Waals surface area contributed by atoms with Crippen molar-refractivity contribution < 1.29 is 14.4 Å². The van der Waals surface area contributed by atoms with E-state index in [4.69, 9.17) is 0 Å². The van der Waals surface area contributed by atoms with Crippen molar-refractivity contribution in [2.45, 2.75) is 13.0 Å². The number of amides is 3. The highest BCUT2D eigenvalue weighted by atomic mass is 16.2. The van der Waals surface area contributed by atoms with E-state index >= 15 is 0 Å². The van der Waals surface area contributed by atoms with Gasteiger partial charge in [0.15, 0.2) is 5.84 Å². The van der Waals surface area contributed by atoms with E-state index in [1.165, 1.54) is 18.0 Å². The van der Waals surface area contributed by atoms with Gasteiger partial charge in [0.1, 0.15) is 5.69 Å². The van der Waals surface area contributed by atoms with E-state index < -0.39 is 0 Å². The van der Waals surface area contributed by atoms with Crippen LogP contribution in [0.5, 0.6) is 0 Å². The molecule has 1 fully saturated rings. The van der Waals surface area contributed by atoms with Crippen LogP contribution in [0, 0.1) is 0 Å². The third kappa shape index (κ3) is 6.34. The molecule has 0 bridgehead atoms. The summed E-state index contributed by atoms with van der Waals surface area (Å²) >= 11 is 0. The molecule has 3 heterocycles. The van der Waals surface area contributed by atoms with Crippen LogP contribution in [0.2, 0.25) is 0 Å². The van der Waals surface area contributed by atoms with Gasteiger partial charge in [-0.25, -0.2) is 5.53 Å². The van der Waals surface area contributed by atoms with Crippen LogP contribution in [-0.2, 0) is 4.79 Å². The van der Waals surface area contributed by atoms with Crippen LogP contribution in [0.4, 0.5) is 11.4 Å². The van der Waals surface area contributed by atoms with Crippen molar-refractivity contribution in [1.29, 1.82) is 0 Å². The molecule has 2 aliphatic rings. The van der Waals surface area contributed by atoms with Gasteiger partial charge in [0.05, 0.1) is 6.04 Å². The maximum Gasteiger partial charge on any atom is 0.272 e. The summed E-state index contributed by atoms with van der Waals surface area (Å²) < 4.78 is 0. The van der Waals surface area contributed by atoms with E-state index in [2.05, 4.69) is 43.4 Å². The Kier molecular flexibility index (Phi) is 8.22. The lowest BCUT2D eigenvalue weighted by Gasteiger charge is -2.39. The fraction of sp³-hybridized carbons (Fsp3) is 0.276. The second-order valence-electron chi connectivity index (χ2n) is 9.93. The molecule has 3 amide bonds. The summed E-state index contributed by atoms with van der Waals surface area (Å²) in [5.74, 6) is 0.119. The largest absolute Gasteiger partial charge is 0.335 e. The van der Waals surface area contributed by atoms with Gasteiger partial charge in [-0.1, -0.05) is 36.4 Å². The maximum absolute atomic E-state index is 13.5. The standard InChI is InChI=1S/C29H33N9O3/c1-20(39)31-23-11-7-10-22(18-23)28(40)35(2)24-12-13-30-25(19-24)29(41)38-16-14-37(15-17-38)26(21-8-5-4-6-9-21)27-32-34-36(3)33-27/h4-13,18-19,26,34H,14-17H2,1-3H3,(H,31,39)(H,32,33). The Morgan fingerprint density at radius 1 is 0.976 bits per heavy atom. The van der Waals surface area contributed by atoms with Gasteiger partial charge in [-0.05, 0) is 35.9 Å². The number of pyridine rings is 1. The summed E-state index contributed by atoms with van der Waals surface area (Å²) in [6, 6.07) is 20.1. The first-order valence-electron chi connectivity index (χ1n) is 13.3. The number of nitrogens with zero attached hydrogens (tertiary/aromatic N) is 6. The number of hydrazone groups is 1. The second kappa shape index (κ2) is 12.1. The molecule has 3 aromatic rings. The molecule has 3 N–H and O–H groups in total. The molecule has 1 saturated heterocycles. The third-order valence-electron chi connectivity index (χ3n) is 7.03. The number of piperazine rings is 1. The summed E-state index contributed by atoms with van der Waals surface area (Å²) in [7, 11) is 3.50. The fourth-order valence-corrected chi connectivity index (χ4v) is 4.98. The van der Waals surface area contributed by atoms with Crippen molar-refractivity contribution in [3.8, 4) is 0 Å². The first-order chi connectivity index (χ1) is 19.8. The third-order valence-corrected chi connectivity index (χ3v) is 7.03. The molecule has 2 aliphatic heterocycles. The highest BCUT2D eigenvalue weighted by Crippen LogP contribution is 2.25. The van der Waals surface area contributed by atoms with Crippen LogP contribution in [0.1, 0.15) is 39.4 Å². The number of hydrazine groups is 2. The highest BCUT2D eigenvalue weighted by Gasteiger charge is 2.33. The van der Waals surface area contributed by atoms with Gasteiger partial charge >= 0.3 is 0 Å². The SMILES string of the molecule is CC(=O)Nc1cccc(C(=O)N(C)c2ccnc(C(=O)N3CCN(C(C4=NNN(C)N4)c4ccccc4)CC3)c2)c1. The smallest absolute Gasteiger partial charge is 0.272 e. The van der Waals surface area contributed by atoms with Crippen molar-refractivity contribution >= 4 is 34.9 Å². The molecule has 1 atom stereocenters. The summed E-state index contributed by atoms with van der Waals surface area (Å²) in [5, 5.41) is 8.84. The summed E-state index contributed by atoms with van der Waals surface area (Å²) in [6.45, 7) is 3.76. The number of amidine groups is 1. The molecule has 0 spiro atoms. The van der Waals surface area contributed by atoms with Gasteiger partial charge in [-0.2, -0.15) is 0 Å².